The van der Waals surface area contributed by atoms with Crippen molar-refractivity contribution in [2.75, 3.05) is 26.2 Å². The third-order valence-corrected chi connectivity index (χ3v) is 3.80. The van der Waals surface area contributed by atoms with E-state index in [4.69, 9.17) is 0 Å². The third-order valence-electron chi connectivity index (χ3n) is 3.80. The molecule has 0 aromatic heterocycles. The van der Waals surface area contributed by atoms with E-state index >= 15 is 0 Å². The first kappa shape index (κ1) is 13.0. The Hall–Kier alpha value is -0.0800. The van der Waals surface area contributed by atoms with Crippen LogP contribution in [-0.4, -0.2) is 47.6 Å². The van der Waals surface area contributed by atoms with Gasteiger partial charge in [-0.25, -0.2) is 0 Å². The van der Waals surface area contributed by atoms with Crippen LogP contribution in [-0.2, 0) is 0 Å². The zero-order valence-electron chi connectivity index (χ0n) is 11.4. The minimum Gasteiger partial charge on any atom is -0.298 e. The van der Waals surface area contributed by atoms with Crippen molar-refractivity contribution >= 4 is 0 Å². The van der Waals surface area contributed by atoms with Gasteiger partial charge in [-0.2, -0.15) is 0 Å². The van der Waals surface area contributed by atoms with Gasteiger partial charge in [0.2, 0.25) is 0 Å². The predicted octanol–water partition coefficient (Wildman–Crippen LogP) is 2.45. The maximum atomic E-state index is 2.63. The number of hydrogen-bond donors (Lipinski definition) is 0. The van der Waals surface area contributed by atoms with Crippen LogP contribution in [0.1, 0.15) is 41.5 Å². The molecule has 0 bridgehead atoms. The predicted molar refractivity (Wildman–Crippen MR) is 67.2 cm³/mol. The molecule has 2 heteroatoms. The van der Waals surface area contributed by atoms with Crippen LogP contribution >= 0.6 is 0 Å². The van der Waals surface area contributed by atoms with Gasteiger partial charge >= 0.3 is 0 Å². The normalized spacial score (nSPS) is 23.4. The van der Waals surface area contributed by atoms with E-state index in [0.717, 1.165) is 12.0 Å². The van der Waals surface area contributed by atoms with E-state index in [2.05, 4.69) is 51.3 Å². The standard InChI is InChI=1S/C13H28N2/c1-11(2)12(3)14-7-9-15(10-8-14)13(4,5)6/h11-12H,7-10H2,1-6H3/t12-/m0/s1. The molecule has 1 rings (SSSR count). The van der Waals surface area contributed by atoms with Crippen LogP contribution in [0.4, 0.5) is 0 Å². The summed E-state index contributed by atoms with van der Waals surface area (Å²) in [5.41, 5.74) is 0.340. The topological polar surface area (TPSA) is 6.48 Å². The van der Waals surface area contributed by atoms with Crippen molar-refractivity contribution in [3.8, 4) is 0 Å². The van der Waals surface area contributed by atoms with E-state index < -0.39 is 0 Å². The van der Waals surface area contributed by atoms with Gasteiger partial charge in [-0.3, -0.25) is 9.80 Å². The van der Waals surface area contributed by atoms with Crippen molar-refractivity contribution in [1.82, 2.24) is 9.80 Å². The van der Waals surface area contributed by atoms with Gasteiger partial charge in [0.15, 0.2) is 0 Å². The molecule has 90 valence electrons. The molecule has 0 spiro atoms. The molecule has 0 N–H and O–H groups in total. The lowest BCUT2D eigenvalue weighted by molar-refractivity contribution is 0.0359. The molecule has 0 unspecified atom stereocenters. The van der Waals surface area contributed by atoms with E-state index in [-0.39, 0.29) is 0 Å². The molecule has 1 heterocycles. The molecule has 1 aliphatic rings. The number of hydrogen-bond acceptors (Lipinski definition) is 2. The van der Waals surface area contributed by atoms with Gasteiger partial charge in [0.05, 0.1) is 0 Å². The molecule has 0 amide bonds. The van der Waals surface area contributed by atoms with Gasteiger partial charge in [0.1, 0.15) is 0 Å². The third kappa shape index (κ3) is 3.46. The van der Waals surface area contributed by atoms with Crippen LogP contribution in [0.3, 0.4) is 0 Å². The van der Waals surface area contributed by atoms with Crippen LogP contribution in [0.5, 0.6) is 0 Å². The highest BCUT2D eigenvalue weighted by Gasteiger charge is 2.28. The summed E-state index contributed by atoms with van der Waals surface area (Å²) < 4.78 is 0. The maximum absolute atomic E-state index is 2.63. The summed E-state index contributed by atoms with van der Waals surface area (Å²) in [6, 6.07) is 0.729. The second kappa shape index (κ2) is 4.84. The van der Waals surface area contributed by atoms with Crippen LogP contribution < -0.4 is 0 Å². The fourth-order valence-electron chi connectivity index (χ4n) is 2.22. The highest BCUT2D eigenvalue weighted by molar-refractivity contribution is 4.84. The molecule has 0 aromatic carbocycles. The molecule has 1 aliphatic heterocycles. The lowest BCUT2D eigenvalue weighted by Gasteiger charge is -2.44. The Morgan fingerprint density at radius 3 is 1.67 bits per heavy atom. The van der Waals surface area contributed by atoms with Crippen molar-refractivity contribution in [2.24, 2.45) is 5.92 Å². The average Bonchev–Trinajstić information content (AvgIpc) is 2.15. The molecule has 0 aromatic rings. The Kier molecular flexibility index (Phi) is 4.19. The monoisotopic (exact) mass is 212 g/mol. The summed E-state index contributed by atoms with van der Waals surface area (Å²) in [6.07, 6.45) is 0. The summed E-state index contributed by atoms with van der Waals surface area (Å²) in [6.45, 7) is 18.9. The number of piperazine rings is 1. The van der Waals surface area contributed by atoms with E-state index in [9.17, 15) is 0 Å². The van der Waals surface area contributed by atoms with Crippen LogP contribution in [0.15, 0.2) is 0 Å². The zero-order chi connectivity index (χ0) is 11.6. The quantitative estimate of drug-likeness (QED) is 0.694. The van der Waals surface area contributed by atoms with Crippen LogP contribution in [0.25, 0.3) is 0 Å². The fraction of sp³-hybridized carbons (Fsp3) is 1.00. The van der Waals surface area contributed by atoms with Gasteiger partial charge in [-0.05, 0) is 33.6 Å². The molecule has 2 nitrogen and oxygen atoms in total. The Bertz CT molecular complexity index is 185. The Labute approximate surface area is 95.6 Å². The van der Waals surface area contributed by atoms with Gasteiger partial charge in [0, 0.05) is 37.8 Å². The molecule has 15 heavy (non-hydrogen) atoms. The Balaban J connectivity index is 2.42. The van der Waals surface area contributed by atoms with Crippen LogP contribution in [0.2, 0.25) is 0 Å². The molecular weight excluding hydrogens is 184 g/mol. The smallest absolute Gasteiger partial charge is 0.0126 e. The second-order valence-electron chi connectivity index (χ2n) is 6.18. The highest BCUT2D eigenvalue weighted by Crippen LogP contribution is 2.18. The minimum absolute atomic E-state index is 0.340. The van der Waals surface area contributed by atoms with Gasteiger partial charge in [-0.1, -0.05) is 13.8 Å². The number of rotatable bonds is 2. The van der Waals surface area contributed by atoms with Gasteiger partial charge < -0.3 is 0 Å². The van der Waals surface area contributed by atoms with E-state index in [1.807, 2.05) is 0 Å². The van der Waals surface area contributed by atoms with E-state index in [1.54, 1.807) is 0 Å². The zero-order valence-corrected chi connectivity index (χ0v) is 11.4. The van der Waals surface area contributed by atoms with Crippen molar-refractivity contribution < 1.29 is 0 Å². The SMILES string of the molecule is CC(C)[C@H](C)N1CCN(C(C)(C)C)CC1. The van der Waals surface area contributed by atoms with Crippen LogP contribution in [0, 0.1) is 5.92 Å². The Morgan fingerprint density at radius 2 is 1.33 bits per heavy atom. The van der Waals surface area contributed by atoms with Crippen molar-refractivity contribution in [3.63, 3.8) is 0 Å². The lowest BCUT2D eigenvalue weighted by Crippen LogP contribution is -2.55. The molecule has 1 saturated heterocycles. The average molecular weight is 212 g/mol. The first-order valence-corrected chi connectivity index (χ1v) is 6.31. The second-order valence-corrected chi connectivity index (χ2v) is 6.18. The first-order chi connectivity index (χ1) is 6.82. The summed E-state index contributed by atoms with van der Waals surface area (Å²) in [7, 11) is 0. The first-order valence-electron chi connectivity index (χ1n) is 6.31. The lowest BCUT2D eigenvalue weighted by atomic mass is 10.0. The number of nitrogens with zero attached hydrogens (tertiary/aromatic N) is 2. The molecular formula is C13H28N2. The largest absolute Gasteiger partial charge is 0.298 e. The summed E-state index contributed by atoms with van der Waals surface area (Å²) in [5, 5.41) is 0. The molecule has 1 fully saturated rings. The van der Waals surface area contributed by atoms with Crippen molar-refractivity contribution in [3.05, 3.63) is 0 Å². The van der Waals surface area contributed by atoms with Gasteiger partial charge in [0.25, 0.3) is 0 Å². The fourth-order valence-corrected chi connectivity index (χ4v) is 2.22. The molecule has 0 radical (unpaired) electrons. The van der Waals surface area contributed by atoms with Gasteiger partial charge in [-0.15, -0.1) is 0 Å². The molecule has 1 atom stereocenters. The van der Waals surface area contributed by atoms with Crippen molar-refractivity contribution in [1.29, 1.82) is 0 Å². The van der Waals surface area contributed by atoms with E-state index in [1.165, 1.54) is 26.2 Å². The maximum Gasteiger partial charge on any atom is 0.0126 e. The van der Waals surface area contributed by atoms with E-state index in [0.29, 0.717) is 5.54 Å². The molecule has 0 aliphatic carbocycles. The summed E-state index contributed by atoms with van der Waals surface area (Å²) in [4.78, 5) is 5.23. The minimum atomic E-state index is 0.340. The van der Waals surface area contributed by atoms with Crippen molar-refractivity contribution in [2.45, 2.75) is 53.1 Å². The highest BCUT2D eigenvalue weighted by atomic mass is 15.3. The summed E-state index contributed by atoms with van der Waals surface area (Å²) >= 11 is 0. The summed E-state index contributed by atoms with van der Waals surface area (Å²) in [5.74, 6) is 0.770. The molecule has 0 saturated carbocycles. The Morgan fingerprint density at radius 1 is 0.867 bits per heavy atom.